The third-order valence-electron chi connectivity index (χ3n) is 4.82. The molecule has 1 unspecified atom stereocenters. The van der Waals surface area contributed by atoms with Crippen molar-refractivity contribution in [3.8, 4) is 11.5 Å². The average molecular weight is 403 g/mol. The van der Waals surface area contributed by atoms with E-state index in [0.29, 0.717) is 13.2 Å². The first-order chi connectivity index (χ1) is 14.4. The third kappa shape index (κ3) is 6.50. The first-order valence-electron chi connectivity index (χ1n) is 10.3. The standard InChI is InChI=1S/C27H30O3/c1-27(2,3)26(28)17-15-23-14-16-24(29-19-21-10-6-4-7-11-21)18-25(23)30-20-22-12-8-5-9-13-22/h4-18,26,28H,19-20H2,1-3H3. The van der Waals surface area contributed by atoms with E-state index in [1.54, 1.807) is 0 Å². The minimum atomic E-state index is -0.548. The smallest absolute Gasteiger partial charge is 0.130 e. The normalized spacial score (nSPS) is 12.7. The lowest BCUT2D eigenvalue weighted by Gasteiger charge is -2.22. The van der Waals surface area contributed by atoms with Gasteiger partial charge in [-0.25, -0.2) is 0 Å². The quantitative estimate of drug-likeness (QED) is 0.483. The fourth-order valence-corrected chi connectivity index (χ4v) is 2.83. The van der Waals surface area contributed by atoms with Crippen LogP contribution < -0.4 is 9.47 Å². The van der Waals surface area contributed by atoms with Crippen LogP contribution in [0.1, 0.15) is 37.5 Å². The van der Waals surface area contributed by atoms with Gasteiger partial charge in [-0.3, -0.25) is 0 Å². The summed E-state index contributed by atoms with van der Waals surface area (Å²) >= 11 is 0. The summed E-state index contributed by atoms with van der Waals surface area (Å²) < 4.78 is 12.1. The molecule has 0 heterocycles. The van der Waals surface area contributed by atoms with Gasteiger partial charge >= 0.3 is 0 Å². The van der Waals surface area contributed by atoms with Gasteiger partial charge in [-0.2, -0.15) is 0 Å². The Morgan fingerprint density at radius 3 is 1.93 bits per heavy atom. The molecule has 3 heteroatoms. The first-order valence-corrected chi connectivity index (χ1v) is 10.3. The fourth-order valence-electron chi connectivity index (χ4n) is 2.83. The van der Waals surface area contributed by atoms with Crippen LogP contribution in [0.5, 0.6) is 11.5 Å². The molecule has 156 valence electrons. The molecule has 0 amide bonds. The van der Waals surface area contributed by atoms with Crippen molar-refractivity contribution >= 4 is 6.08 Å². The molecular formula is C27H30O3. The second kappa shape index (κ2) is 10.1. The molecule has 0 saturated carbocycles. The van der Waals surface area contributed by atoms with Crippen molar-refractivity contribution in [2.24, 2.45) is 5.41 Å². The Morgan fingerprint density at radius 2 is 1.37 bits per heavy atom. The minimum absolute atomic E-state index is 0.222. The summed E-state index contributed by atoms with van der Waals surface area (Å²) in [6.45, 7) is 6.99. The van der Waals surface area contributed by atoms with Crippen LogP contribution in [0.3, 0.4) is 0 Å². The summed E-state index contributed by atoms with van der Waals surface area (Å²) in [6.07, 6.45) is 3.18. The van der Waals surface area contributed by atoms with Gasteiger partial charge in [0.1, 0.15) is 24.7 Å². The Bertz CT molecular complexity index is 941. The summed E-state index contributed by atoms with van der Waals surface area (Å²) in [5.41, 5.74) is 2.89. The average Bonchev–Trinajstić information content (AvgIpc) is 2.76. The van der Waals surface area contributed by atoms with E-state index in [-0.39, 0.29) is 5.41 Å². The van der Waals surface area contributed by atoms with E-state index in [2.05, 4.69) is 0 Å². The summed E-state index contributed by atoms with van der Waals surface area (Å²) in [6, 6.07) is 25.9. The van der Waals surface area contributed by atoms with E-state index < -0.39 is 6.10 Å². The lowest BCUT2D eigenvalue weighted by atomic mass is 9.88. The summed E-state index contributed by atoms with van der Waals surface area (Å²) in [5, 5.41) is 10.4. The molecule has 0 radical (unpaired) electrons. The highest BCUT2D eigenvalue weighted by Crippen LogP contribution is 2.29. The third-order valence-corrected chi connectivity index (χ3v) is 4.82. The second-order valence-electron chi connectivity index (χ2n) is 8.42. The maximum atomic E-state index is 10.4. The van der Waals surface area contributed by atoms with Crippen LogP contribution in [-0.2, 0) is 13.2 Å². The van der Waals surface area contributed by atoms with Crippen molar-refractivity contribution in [2.45, 2.75) is 40.1 Å². The zero-order valence-corrected chi connectivity index (χ0v) is 17.9. The Labute approximate surface area is 179 Å². The van der Waals surface area contributed by atoms with Crippen LogP contribution in [0.25, 0.3) is 6.08 Å². The molecule has 30 heavy (non-hydrogen) atoms. The van der Waals surface area contributed by atoms with Crippen LogP contribution >= 0.6 is 0 Å². The summed E-state index contributed by atoms with van der Waals surface area (Å²) in [5.74, 6) is 1.47. The van der Waals surface area contributed by atoms with E-state index in [1.165, 1.54) is 0 Å². The van der Waals surface area contributed by atoms with Crippen molar-refractivity contribution in [1.29, 1.82) is 0 Å². The molecule has 0 aromatic heterocycles. The molecule has 1 N–H and O–H groups in total. The van der Waals surface area contributed by atoms with Gasteiger partial charge in [0.25, 0.3) is 0 Å². The van der Waals surface area contributed by atoms with Gasteiger partial charge in [0.05, 0.1) is 6.10 Å². The number of hydrogen-bond donors (Lipinski definition) is 1. The molecular weight excluding hydrogens is 372 g/mol. The Kier molecular flexibility index (Phi) is 7.31. The van der Waals surface area contributed by atoms with Crippen molar-refractivity contribution in [3.05, 3.63) is 102 Å². The number of aliphatic hydroxyl groups excluding tert-OH is 1. The summed E-state index contributed by atoms with van der Waals surface area (Å²) in [4.78, 5) is 0. The highest BCUT2D eigenvalue weighted by molar-refractivity contribution is 5.59. The maximum absolute atomic E-state index is 10.4. The number of rotatable bonds is 8. The largest absolute Gasteiger partial charge is 0.489 e. The molecule has 0 spiro atoms. The van der Waals surface area contributed by atoms with Gasteiger partial charge in [-0.05, 0) is 28.7 Å². The molecule has 0 fully saturated rings. The van der Waals surface area contributed by atoms with E-state index in [1.807, 2.05) is 112 Å². The molecule has 0 aliphatic heterocycles. The summed E-state index contributed by atoms with van der Waals surface area (Å²) in [7, 11) is 0. The monoisotopic (exact) mass is 402 g/mol. The lowest BCUT2D eigenvalue weighted by Crippen LogP contribution is -2.23. The lowest BCUT2D eigenvalue weighted by molar-refractivity contribution is 0.106. The number of benzene rings is 3. The molecule has 0 aliphatic rings. The van der Waals surface area contributed by atoms with Crippen molar-refractivity contribution < 1.29 is 14.6 Å². The minimum Gasteiger partial charge on any atom is -0.489 e. The van der Waals surface area contributed by atoms with E-state index in [0.717, 1.165) is 28.2 Å². The highest BCUT2D eigenvalue weighted by atomic mass is 16.5. The van der Waals surface area contributed by atoms with Crippen molar-refractivity contribution in [1.82, 2.24) is 0 Å². The van der Waals surface area contributed by atoms with Crippen LogP contribution in [0.4, 0.5) is 0 Å². The van der Waals surface area contributed by atoms with Crippen LogP contribution in [0, 0.1) is 5.41 Å². The molecule has 0 saturated heterocycles. The molecule has 3 rings (SSSR count). The van der Waals surface area contributed by atoms with Crippen LogP contribution in [-0.4, -0.2) is 11.2 Å². The van der Waals surface area contributed by atoms with Gasteiger partial charge in [-0.15, -0.1) is 0 Å². The number of aliphatic hydroxyl groups is 1. The topological polar surface area (TPSA) is 38.7 Å². The van der Waals surface area contributed by atoms with Gasteiger partial charge in [-0.1, -0.05) is 93.6 Å². The molecule has 3 nitrogen and oxygen atoms in total. The zero-order chi connectivity index (χ0) is 21.4. The first kappa shape index (κ1) is 21.7. The molecule has 3 aromatic rings. The van der Waals surface area contributed by atoms with Gasteiger partial charge < -0.3 is 14.6 Å². The van der Waals surface area contributed by atoms with E-state index in [9.17, 15) is 5.11 Å². The van der Waals surface area contributed by atoms with E-state index in [4.69, 9.17) is 9.47 Å². The van der Waals surface area contributed by atoms with Crippen LogP contribution in [0.15, 0.2) is 84.9 Å². The van der Waals surface area contributed by atoms with Crippen molar-refractivity contribution in [3.63, 3.8) is 0 Å². The van der Waals surface area contributed by atoms with Gasteiger partial charge in [0.15, 0.2) is 0 Å². The predicted octanol–water partition coefficient (Wildman–Crippen LogP) is 6.26. The predicted molar refractivity (Wildman–Crippen MR) is 122 cm³/mol. The number of hydrogen-bond acceptors (Lipinski definition) is 3. The zero-order valence-electron chi connectivity index (χ0n) is 17.9. The Hall–Kier alpha value is -3.04. The molecule has 3 aromatic carbocycles. The fraction of sp³-hybridized carbons (Fsp3) is 0.259. The molecule has 1 atom stereocenters. The molecule has 0 bridgehead atoms. The van der Waals surface area contributed by atoms with Crippen molar-refractivity contribution in [2.75, 3.05) is 0 Å². The second-order valence-corrected chi connectivity index (χ2v) is 8.42. The molecule has 0 aliphatic carbocycles. The maximum Gasteiger partial charge on any atom is 0.130 e. The van der Waals surface area contributed by atoms with Gasteiger partial charge in [0.2, 0.25) is 0 Å². The Balaban J connectivity index is 1.78. The number of ether oxygens (including phenoxy) is 2. The Morgan fingerprint density at radius 1 is 0.800 bits per heavy atom. The SMILES string of the molecule is CC(C)(C)C(O)C=Cc1ccc(OCc2ccccc2)cc1OCc1ccccc1. The van der Waals surface area contributed by atoms with E-state index >= 15 is 0 Å². The van der Waals surface area contributed by atoms with Gasteiger partial charge in [0, 0.05) is 11.6 Å². The highest BCUT2D eigenvalue weighted by Gasteiger charge is 2.19. The van der Waals surface area contributed by atoms with Crippen LogP contribution in [0.2, 0.25) is 0 Å².